The molecule has 0 saturated heterocycles. The molecule has 0 aromatic carbocycles. The van der Waals surface area contributed by atoms with Gasteiger partial charge in [0.25, 0.3) is 0 Å². The molecule has 1 aliphatic rings. The van der Waals surface area contributed by atoms with Gasteiger partial charge in [-0.15, -0.1) is 0 Å². The van der Waals surface area contributed by atoms with Gasteiger partial charge in [-0.05, 0) is 20.3 Å². The van der Waals surface area contributed by atoms with Gasteiger partial charge >= 0.3 is 5.97 Å². The molecule has 6 nitrogen and oxygen atoms in total. The zero-order valence-electron chi connectivity index (χ0n) is 11.0. The predicted molar refractivity (Wildman–Crippen MR) is 65.8 cm³/mol. The molecule has 1 rings (SSSR count). The molecule has 0 bridgehead atoms. The second kappa shape index (κ2) is 4.87. The van der Waals surface area contributed by atoms with Gasteiger partial charge < -0.3 is 10.0 Å². The second-order valence-corrected chi connectivity index (χ2v) is 7.41. The highest BCUT2D eigenvalue weighted by molar-refractivity contribution is 7.91. The molecule has 1 aliphatic carbocycles. The van der Waals surface area contributed by atoms with Crippen LogP contribution in [-0.4, -0.2) is 54.9 Å². The van der Waals surface area contributed by atoms with Crippen LogP contribution in [0.5, 0.6) is 0 Å². The van der Waals surface area contributed by atoms with Crippen molar-refractivity contribution < 1.29 is 23.1 Å². The van der Waals surface area contributed by atoms with Crippen LogP contribution in [0.2, 0.25) is 0 Å². The maximum absolute atomic E-state index is 12.0. The first kappa shape index (κ1) is 14.9. The molecule has 18 heavy (non-hydrogen) atoms. The van der Waals surface area contributed by atoms with Crippen LogP contribution in [0.4, 0.5) is 0 Å². The number of carboxylic acids is 1. The van der Waals surface area contributed by atoms with Crippen LogP contribution in [0.25, 0.3) is 0 Å². The van der Waals surface area contributed by atoms with Crippen molar-refractivity contribution in [3.63, 3.8) is 0 Å². The summed E-state index contributed by atoms with van der Waals surface area (Å²) in [7, 11) is -1.71. The normalized spacial score (nSPS) is 26.2. The number of sulfone groups is 1. The minimum Gasteiger partial charge on any atom is -0.481 e. The zero-order chi connectivity index (χ0) is 14.2. The standard InChI is InChI=1S/C11H19NO5S/c1-6(7(2)18(4,16)17)12(3)10(13)8-5-9(8)11(14)15/h6-9H,5H2,1-4H3,(H,14,15)/t6-,7+,8-,9-/m1/s1. The van der Waals surface area contributed by atoms with E-state index in [9.17, 15) is 18.0 Å². The highest BCUT2D eigenvalue weighted by Gasteiger charge is 2.50. The van der Waals surface area contributed by atoms with E-state index in [1.54, 1.807) is 13.8 Å². The van der Waals surface area contributed by atoms with Crippen molar-refractivity contribution in [3.05, 3.63) is 0 Å². The van der Waals surface area contributed by atoms with Gasteiger partial charge in [-0.25, -0.2) is 8.42 Å². The third kappa shape index (κ3) is 3.01. The summed E-state index contributed by atoms with van der Waals surface area (Å²) in [5.74, 6) is -2.36. The van der Waals surface area contributed by atoms with Crippen molar-refractivity contribution in [1.29, 1.82) is 0 Å². The topological polar surface area (TPSA) is 91.8 Å². The fourth-order valence-corrected chi connectivity index (χ4v) is 2.77. The highest BCUT2D eigenvalue weighted by Crippen LogP contribution is 2.40. The molecule has 7 heteroatoms. The van der Waals surface area contributed by atoms with E-state index in [4.69, 9.17) is 5.11 Å². The SMILES string of the molecule is C[C@H]([C@H](C)S(C)(=O)=O)N(C)C(=O)[C@@H]1C[C@H]1C(=O)O. The molecule has 0 radical (unpaired) electrons. The number of hydrogen-bond donors (Lipinski definition) is 1. The van der Waals surface area contributed by atoms with Crippen molar-refractivity contribution in [3.8, 4) is 0 Å². The van der Waals surface area contributed by atoms with Gasteiger partial charge in [0, 0.05) is 19.3 Å². The first-order valence-electron chi connectivity index (χ1n) is 5.75. The van der Waals surface area contributed by atoms with Crippen LogP contribution in [-0.2, 0) is 19.4 Å². The molecule has 1 saturated carbocycles. The van der Waals surface area contributed by atoms with Crippen molar-refractivity contribution in [1.82, 2.24) is 4.90 Å². The number of amides is 1. The van der Waals surface area contributed by atoms with Crippen molar-refractivity contribution in [2.75, 3.05) is 13.3 Å². The van der Waals surface area contributed by atoms with E-state index in [1.165, 1.54) is 11.9 Å². The molecule has 104 valence electrons. The molecule has 0 aliphatic heterocycles. The average Bonchev–Trinajstić information content (AvgIpc) is 3.03. The van der Waals surface area contributed by atoms with Gasteiger partial charge in [0.2, 0.25) is 5.91 Å². The molecule has 0 spiro atoms. The van der Waals surface area contributed by atoms with Crippen LogP contribution in [0, 0.1) is 11.8 Å². The van der Waals surface area contributed by atoms with Crippen LogP contribution >= 0.6 is 0 Å². The third-order valence-corrected chi connectivity index (χ3v) is 5.48. The summed E-state index contributed by atoms with van der Waals surface area (Å²) in [6.45, 7) is 3.20. The monoisotopic (exact) mass is 277 g/mol. The molecule has 4 atom stereocenters. The molecule has 0 aromatic rings. The highest BCUT2D eigenvalue weighted by atomic mass is 32.2. The van der Waals surface area contributed by atoms with Crippen LogP contribution < -0.4 is 0 Å². The van der Waals surface area contributed by atoms with Crippen molar-refractivity contribution in [2.45, 2.75) is 31.6 Å². The van der Waals surface area contributed by atoms with E-state index in [1.807, 2.05) is 0 Å². The minimum absolute atomic E-state index is 0.287. The van der Waals surface area contributed by atoms with Gasteiger partial charge in [0.1, 0.15) is 0 Å². The Morgan fingerprint density at radius 3 is 2.11 bits per heavy atom. The van der Waals surface area contributed by atoms with E-state index in [0.29, 0.717) is 6.42 Å². The molecule has 1 fully saturated rings. The van der Waals surface area contributed by atoms with Crippen LogP contribution in [0.1, 0.15) is 20.3 Å². The van der Waals surface area contributed by atoms with Crippen molar-refractivity contribution in [2.24, 2.45) is 11.8 Å². The number of carboxylic acid groups (broad SMARTS) is 1. The molecule has 0 aromatic heterocycles. The Hall–Kier alpha value is -1.11. The van der Waals surface area contributed by atoms with Crippen LogP contribution in [0.15, 0.2) is 0 Å². The Kier molecular flexibility index (Phi) is 4.05. The fourth-order valence-electron chi connectivity index (χ4n) is 1.88. The fraction of sp³-hybridized carbons (Fsp3) is 0.818. The van der Waals surface area contributed by atoms with Crippen molar-refractivity contribution >= 4 is 21.7 Å². The summed E-state index contributed by atoms with van der Waals surface area (Å²) in [5.41, 5.74) is 0. The third-order valence-electron chi connectivity index (χ3n) is 3.74. The van der Waals surface area contributed by atoms with Gasteiger partial charge in [0.05, 0.1) is 17.1 Å². The largest absolute Gasteiger partial charge is 0.481 e. The summed E-state index contributed by atoms with van der Waals surface area (Å²) < 4.78 is 22.9. The Bertz CT molecular complexity index is 458. The molecule has 1 N–H and O–H groups in total. The molecule has 0 unspecified atom stereocenters. The summed E-state index contributed by atoms with van der Waals surface area (Å²) in [5, 5.41) is 8.09. The summed E-state index contributed by atoms with van der Waals surface area (Å²) in [6.07, 6.45) is 1.47. The number of carbonyl (C=O) groups excluding carboxylic acids is 1. The summed E-state index contributed by atoms with van der Waals surface area (Å²) in [4.78, 5) is 24.0. The average molecular weight is 277 g/mol. The number of aliphatic carboxylic acids is 1. The first-order valence-corrected chi connectivity index (χ1v) is 7.71. The maximum Gasteiger partial charge on any atom is 0.307 e. The lowest BCUT2D eigenvalue weighted by atomic mass is 10.2. The summed E-state index contributed by atoms with van der Waals surface area (Å²) in [6, 6.07) is -0.470. The predicted octanol–water partition coefficient (Wildman–Crippen LogP) is -0.0129. The lowest BCUT2D eigenvalue weighted by molar-refractivity contribution is -0.142. The number of rotatable bonds is 5. The molecule has 0 heterocycles. The Morgan fingerprint density at radius 1 is 1.28 bits per heavy atom. The Balaban J connectivity index is 2.68. The summed E-state index contributed by atoms with van der Waals surface area (Å²) >= 11 is 0. The van der Waals surface area contributed by atoms with Crippen LogP contribution in [0.3, 0.4) is 0 Å². The first-order chi connectivity index (χ1) is 8.07. The number of hydrogen-bond acceptors (Lipinski definition) is 4. The number of nitrogens with zero attached hydrogens (tertiary/aromatic N) is 1. The maximum atomic E-state index is 12.0. The molecule has 1 amide bonds. The van der Waals surface area contributed by atoms with Gasteiger partial charge in [-0.2, -0.15) is 0 Å². The smallest absolute Gasteiger partial charge is 0.307 e. The van der Waals surface area contributed by atoms with E-state index in [0.717, 1.165) is 6.26 Å². The van der Waals surface area contributed by atoms with E-state index in [2.05, 4.69) is 0 Å². The zero-order valence-corrected chi connectivity index (χ0v) is 11.8. The quantitative estimate of drug-likeness (QED) is 0.763. The minimum atomic E-state index is -3.23. The Morgan fingerprint density at radius 2 is 1.78 bits per heavy atom. The number of carbonyl (C=O) groups is 2. The van der Waals surface area contributed by atoms with Gasteiger partial charge in [-0.3, -0.25) is 9.59 Å². The van der Waals surface area contributed by atoms with Gasteiger partial charge in [0.15, 0.2) is 9.84 Å². The second-order valence-electron chi connectivity index (χ2n) is 5.01. The lowest BCUT2D eigenvalue weighted by Crippen LogP contribution is -2.45. The molecular weight excluding hydrogens is 258 g/mol. The van der Waals surface area contributed by atoms with E-state index in [-0.39, 0.29) is 5.91 Å². The molecular formula is C11H19NO5S. The lowest BCUT2D eigenvalue weighted by Gasteiger charge is -2.29. The van der Waals surface area contributed by atoms with E-state index < -0.39 is 38.9 Å². The van der Waals surface area contributed by atoms with Gasteiger partial charge in [-0.1, -0.05) is 0 Å². The van der Waals surface area contributed by atoms with E-state index >= 15 is 0 Å². The Labute approximate surface area is 107 Å².